The van der Waals surface area contributed by atoms with Crippen LogP contribution in [0.1, 0.15) is 21.5 Å². The van der Waals surface area contributed by atoms with Crippen molar-refractivity contribution in [1.29, 1.82) is 0 Å². The van der Waals surface area contributed by atoms with E-state index in [1.807, 2.05) is 12.1 Å². The Morgan fingerprint density at radius 2 is 2.19 bits per heavy atom. The topological polar surface area (TPSA) is 68.5 Å². The van der Waals surface area contributed by atoms with Crippen molar-refractivity contribution in [2.24, 2.45) is 0 Å². The maximum atomic E-state index is 12.7. The maximum absolute atomic E-state index is 12.7. The fourth-order valence-electron chi connectivity index (χ4n) is 2.67. The fourth-order valence-corrected chi connectivity index (χ4v) is 2.67. The predicted molar refractivity (Wildman–Crippen MR) is 80.1 cm³/mol. The molecular formula is C16H17N3O2. The minimum Gasteiger partial charge on any atom is -0.480 e. The number of hydrogen-bond acceptors (Lipinski definition) is 4. The molecule has 2 N–H and O–H groups in total. The number of fused-ring (bicyclic) bond motifs is 1. The Labute approximate surface area is 123 Å². The molecule has 0 saturated heterocycles. The van der Waals surface area contributed by atoms with Gasteiger partial charge >= 0.3 is 0 Å². The lowest BCUT2D eigenvalue weighted by Gasteiger charge is -2.30. The molecule has 1 aliphatic heterocycles. The van der Waals surface area contributed by atoms with Crippen LogP contribution < -0.4 is 10.5 Å². The molecular weight excluding hydrogens is 266 g/mol. The third-order valence-corrected chi connectivity index (χ3v) is 3.79. The molecule has 0 saturated carbocycles. The number of carbonyl (C=O) groups excluding carboxylic acids is 1. The van der Waals surface area contributed by atoms with Gasteiger partial charge in [0.05, 0.1) is 7.11 Å². The van der Waals surface area contributed by atoms with Gasteiger partial charge in [0.1, 0.15) is 5.56 Å². The normalized spacial score (nSPS) is 13.7. The largest absolute Gasteiger partial charge is 0.480 e. The summed E-state index contributed by atoms with van der Waals surface area (Å²) < 4.78 is 5.17. The van der Waals surface area contributed by atoms with E-state index in [9.17, 15) is 4.79 Å². The summed E-state index contributed by atoms with van der Waals surface area (Å²) in [7, 11) is 1.52. The fraction of sp³-hybridized carbons (Fsp3) is 0.250. The third kappa shape index (κ3) is 2.42. The number of carbonyl (C=O) groups is 1. The van der Waals surface area contributed by atoms with Crippen molar-refractivity contribution >= 4 is 11.6 Å². The van der Waals surface area contributed by atoms with Crippen LogP contribution in [0.25, 0.3) is 0 Å². The Kier molecular flexibility index (Phi) is 3.48. The molecule has 1 aromatic heterocycles. The van der Waals surface area contributed by atoms with Crippen LogP contribution in [0.5, 0.6) is 5.88 Å². The molecule has 0 aliphatic carbocycles. The molecule has 1 aliphatic rings. The molecule has 21 heavy (non-hydrogen) atoms. The Morgan fingerprint density at radius 1 is 1.33 bits per heavy atom. The Bertz CT molecular complexity index is 685. The van der Waals surface area contributed by atoms with Gasteiger partial charge in [0, 0.05) is 25.0 Å². The minimum absolute atomic E-state index is 0.0751. The molecule has 0 atom stereocenters. The zero-order valence-electron chi connectivity index (χ0n) is 11.9. The highest BCUT2D eigenvalue weighted by molar-refractivity contribution is 5.96. The lowest BCUT2D eigenvalue weighted by Crippen LogP contribution is -2.36. The summed E-state index contributed by atoms with van der Waals surface area (Å²) in [6, 6.07) is 9.37. The average Bonchev–Trinajstić information content (AvgIpc) is 2.54. The van der Waals surface area contributed by atoms with Crippen LogP contribution in [-0.4, -0.2) is 29.4 Å². The maximum Gasteiger partial charge on any atom is 0.259 e. The van der Waals surface area contributed by atoms with E-state index in [2.05, 4.69) is 11.1 Å². The first-order valence-electron chi connectivity index (χ1n) is 6.85. The van der Waals surface area contributed by atoms with Crippen LogP contribution in [0.2, 0.25) is 0 Å². The second-order valence-electron chi connectivity index (χ2n) is 5.02. The van der Waals surface area contributed by atoms with Crippen LogP contribution in [0.4, 0.5) is 5.69 Å². The van der Waals surface area contributed by atoms with Crippen molar-refractivity contribution in [3.8, 4) is 5.88 Å². The number of amides is 1. The molecule has 1 aromatic carbocycles. The zero-order chi connectivity index (χ0) is 14.8. The van der Waals surface area contributed by atoms with Crippen molar-refractivity contribution in [2.75, 3.05) is 19.4 Å². The van der Waals surface area contributed by atoms with E-state index in [0.717, 1.165) is 17.7 Å². The quantitative estimate of drug-likeness (QED) is 0.854. The van der Waals surface area contributed by atoms with Gasteiger partial charge in [0.15, 0.2) is 0 Å². The van der Waals surface area contributed by atoms with Gasteiger partial charge in [-0.05, 0) is 35.7 Å². The zero-order valence-corrected chi connectivity index (χ0v) is 11.9. The highest BCUT2D eigenvalue weighted by atomic mass is 16.5. The van der Waals surface area contributed by atoms with Gasteiger partial charge in [-0.25, -0.2) is 4.98 Å². The van der Waals surface area contributed by atoms with E-state index in [0.29, 0.717) is 24.5 Å². The molecule has 5 heteroatoms. The van der Waals surface area contributed by atoms with Crippen LogP contribution in [0.15, 0.2) is 36.5 Å². The van der Waals surface area contributed by atoms with Crippen molar-refractivity contribution in [3.63, 3.8) is 0 Å². The number of benzene rings is 1. The van der Waals surface area contributed by atoms with E-state index in [1.54, 1.807) is 23.2 Å². The predicted octanol–water partition coefficient (Wildman–Crippen LogP) is 1.87. The molecule has 0 spiro atoms. The van der Waals surface area contributed by atoms with Crippen molar-refractivity contribution in [2.45, 2.75) is 13.0 Å². The first kappa shape index (κ1) is 13.4. The van der Waals surface area contributed by atoms with Gasteiger partial charge in [0.25, 0.3) is 5.91 Å². The summed E-state index contributed by atoms with van der Waals surface area (Å²) in [4.78, 5) is 18.5. The highest BCUT2D eigenvalue weighted by Crippen LogP contribution is 2.26. The second-order valence-corrected chi connectivity index (χ2v) is 5.02. The van der Waals surface area contributed by atoms with Crippen LogP contribution in [-0.2, 0) is 13.0 Å². The number of nitrogens with two attached hydrogens (primary N) is 1. The van der Waals surface area contributed by atoms with Crippen molar-refractivity contribution in [1.82, 2.24) is 9.88 Å². The highest BCUT2D eigenvalue weighted by Gasteiger charge is 2.25. The average molecular weight is 283 g/mol. The number of nitrogens with zero attached hydrogens (tertiary/aromatic N) is 2. The SMILES string of the molecule is COc1ncccc1C(=O)N1CCc2cccc(N)c2C1. The Balaban J connectivity index is 1.89. The van der Waals surface area contributed by atoms with E-state index in [-0.39, 0.29) is 5.91 Å². The molecule has 0 bridgehead atoms. The van der Waals surface area contributed by atoms with Crippen molar-refractivity contribution in [3.05, 3.63) is 53.2 Å². The molecule has 0 unspecified atom stereocenters. The van der Waals surface area contributed by atoms with Gasteiger partial charge in [-0.2, -0.15) is 0 Å². The summed E-state index contributed by atoms with van der Waals surface area (Å²) in [6.45, 7) is 1.20. The first-order chi connectivity index (χ1) is 10.2. The molecule has 0 fully saturated rings. The van der Waals surface area contributed by atoms with Gasteiger partial charge in [-0.15, -0.1) is 0 Å². The van der Waals surface area contributed by atoms with Crippen LogP contribution >= 0.6 is 0 Å². The number of pyridine rings is 1. The molecule has 0 radical (unpaired) electrons. The summed E-state index contributed by atoms with van der Waals surface area (Å²) in [5.74, 6) is 0.281. The summed E-state index contributed by atoms with van der Waals surface area (Å²) in [5.41, 5.74) is 9.51. The minimum atomic E-state index is -0.0751. The molecule has 2 aromatic rings. The monoisotopic (exact) mass is 283 g/mol. The Morgan fingerprint density at radius 3 is 3.00 bits per heavy atom. The number of aromatic nitrogens is 1. The molecule has 5 nitrogen and oxygen atoms in total. The van der Waals surface area contributed by atoms with Crippen LogP contribution in [0.3, 0.4) is 0 Å². The standard InChI is InChI=1S/C16H17N3O2/c1-21-15-12(5-3-8-18-15)16(20)19-9-7-11-4-2-6-14(17)13(11)10-19/h2-6,8H,7,9-10,17H2,1H3. The van der Waals surface area contributed by atoms with Gasteiger partial charge < -0.3 is 15.4 Å². The van der Waals surface area contributed by atoms with Gasteiger partial charge in [-0.1, -0.05) is 12.1 Å². The lowest BCUT2D eigenvalue weighted by molar-refractivity contribution is 0.0731. The second kappa shape index (κ2) is 5.44. The number of anilines is 1. The number of nitrogen functional groups attached to an aromatic ring is 1. The molecule has 108 valence electrons. The van der Waals surface area contributed by atoms with E-state index < -0.39 is 0 Å². The lowest BCUT2D eigenvalue weighted by atomic mass is 9.97. The third-order valence-electron chi connectivity index (χ3n) is 3.79. The molecule has 3 rings (SSSR count). The summed E-state index contributed by atoms with van der Waals surface area (Å²) >= 11 is 0. The number of hydrogen-bond donors (Lipinski definition) is 1. The number of rotatable bonds is 2. The Hall–Kier alpha value is -2.56. The van der Waals surface area contributed by atoms with Gasteiger partial charge in [0.2, 0.25) is 5.88 Å². The van der Waals surface area contributed by atoms with E-state index in [1.165, 1.54) is 12.7 Å². The van der Waals surface area contributed by atoms with E-state index >= 15 is 0 Å². The molecule has 2 heterocycles. The molecule has 1 amide bonds. The van der Waals surface area contributed by atoms with E-state index in [4.69, 9.17) is 10.5 Å². The van der Waals surface area contributed by atoms with Crippen molar-refractivity contribution < 1.29 is 9.53 Å². The van der Waals surface area contributed by atoms with Gasteiger partial charge in [-0.3, -0.25) is 4.79 Å². The summed E-state index contributed by atoms with van der Waals surface area (Å²) in [6.07, 6.45) is 2.42. The number of ether oxygens (including phenoxy) is 1. The summed E-state index contributed by atoms with van der Waals surface area (Å²) in [5, 5.41) is 0. The first-order valence-corrected chi connectivity index (χ1v) is 6.85. The number of methoxy groups -OCH3 is 1. The smallest absolute Gasteiger partial charge is 0.259 e. The van der Waals surface area contributed by atoms with Crippen LogP contribution in [0, 0.1) is 0 Å².